The van der Waals surface area contributed by atoms with Crippen LogP contribution >= 0.6 is 11.3 Å². The fraction of sp³-hybridized carbons (Fsp3) is 0.556. The quantitative estimate of drug-likeness (QED) is 0.511. The number of carbonyl (C=O) groups is 2. The van der Waals surface area contributed by atoms with E-state index < -0.39 is 0 Å². The first-order chi connectivity index (χ1) is 16.7. The lowest BCUT2D eigenvalue weighted by Gasteiger charge is -2.38. The molecule has 1 aromatic carbocycles. The Balaban J connectivity index is 1.49. The van der Waals surface area contributed by atoms with E-state index >= 15 is 0 Å². The maximum absolute atomic E-state index is 13.7. The van der Waals surface area contributed by atoms with E-state index in [1.807, 2.05) is 30.0 Å². The van der Waals surface area contributed by atoms with Crippen LogP contribution in [0.5, 0.6) is 0 Å². The monoisotopic (exact) mass is 483 g/mol. The van der Waals surface area contributed by atoms with E-state index in [4.69, 9.17) is 4.74 Å². The Kier molecular flexibility index (Phi) is 8.99. The molecule has 6 nitrogen and oxygen atoms in total. The zero-order valence-corrected chi connectivity index (χ0v) is 21.0. The first kappa shape index (κ1) is 24.7. The zero-order chi connectivity index (χ0) is 23.8. The number of carbonyl (C=O) groups excluding carboxylic acids is 2. The number of urea groups is 1. The van der Waals surface area contributed by atoms with E-state index in [9.17, 15) is 9.59 Å². The Bertz CT molecular complexity index is 926. The molecule has 4 rings (SSSR count). The molecule has 1 aromatic heterocycles. The number of fused-ring (bicyclic) bond motifs is 1. The molecule has 2 aliphatic rings. The van der Waals surface area contributed by atoms with Crippen molar-refractivity contribution in [3.8, 4) is 0 Å². The van der Waals surface area contributed by atoms with Crippen LogP contribution < -0.4 is 5.32 Å². The van der Waals surface area contributed by atoms with Gasteiger partial charge in [-0.2, -0.15) is 0 Å². The minimum absolute atomic E-state index is 0.000840. The summed E-state index contributed by atoms with van der Waals surface area (Å²) < 4.78 is 5.49. The molecule has 1 unspecified atom stereocenters. The Morgan fingerprint density at radius 3 is 2.71 bits per heavy atom. The van der Waals surface area contributed by atoms with Crippen molar-refractivity contribution in [1.82, 2.24) is 15.1 Å². The molecule has 1 aliphatic carbocycles. The maximum Gasteiger partial charge on any atom is 0.318 e. The van der Waals surface area contributed by atoms with E-state index in [1.54, 1.807) is 16.2 Å². The summed E-state index contributed by atoms with van der Waals surface area (Å²) in [5, 5.41) is 5.32. The van der Waals surface area contributed by atoms with Crippen LogP contribution in [0.15, 0.2) is 41.8 Å². The van der Waals surface area contributed by atoms with E-state index in [0.717, 1.165) is 44.1 Å². The third kappa shape index (κ3) is 6.19. The molecule has 0 radical (unpaired) electrons. The second-order valence-electron chi connectivity index (χ2n) is 9.21. The molecule has 1 N–H and O–H groups in total. The van der Waals surface area contributed by atoms with Crippen LogP contribution in [0.1, 0.15) is 67.5 Å². The molecule has 184 valence electrons. The van der Waals surface area contributed by atoms with Crippen molar-refractivity contribution < 1.29 is 14.3 Å². The molecule has 2 aromatic rings. The first-order valence-electron chi connectivity index (χ1n) is 12.7. The number of benzene rings is 1. The number of hydrogen-bond acceptors (Lipinski definition) is 4. The van der Waals surface area contributed by atoms with Gasteiger partial charge >= 0.3 is 6.03 Å². The lowest BCUT2D eigenvalue weighted by Crippen LogP contribution is -2.51. The highest BCUT2D eigenvalue weighted by Crippen LogP contribution is 2.37. The topological polar surface area (TPSA) is 61.9 Å². The number of ether oxygens (including phenoxy) is 1. The van der Waals surface area contributed by atoms with Crippen LogP contribution in [0, 0.1) is 0 Å². The van der Waals surface area contributed by atoms with Crippen molar-refractivity contribution in [3.63, 3.8) is 0 Å². The molecule has 2 heterocycles. The molecule has 0 saturated heterocycles. The summed E-state index contributed by atoms with van der Waals surface area (Å²) >= 11 is 1.77. The third-order valence-corrected chi connectivity index (χ3v) is 7.87. The molecule has 1 aliphatic heterocycles. The number of amides is 3. The molecule has 34 heavy (non-hydrogen) atoms. The van der Waals surface area contributed by atoms with Crippen LogP contribution in [-0.4, -0.2) is 60.6 Å². The predicted molar refractivity (Wildman–Crippen MR) is 136 cm³/mol. The van der Waals surface area contributed by atoms with Gasteiger partial charge in [-0.3, -0.25) is 4.79 Å². The van der Waals surface area contributed by atoms with Gasteiger partial charge in [0.05, 0.1) is 6.04 Å². The van der Waals surface area contributed by atoms with E-state index in [1.165, 1.54) is 16.9 Å². The third-order valence-electron chi connectivity index (χ3n) is 6.87. The van der Waals surface area contributed by atoms with Gasteiger partial charge in [0.1, 0.15) is 6.54 Å². The van der Waals surface area contributed by atoms with Gasteiger partial charge in [-0.1, -0.05) is 49.6 Å². The molecule has 0 spiro atoms. The smallest absolute Gasteiger partial charge is 0.318 e. The minimum atomic E-state index is -0.124. The summed E-state index contributed by atoms with van der Waals surface area (Å²) in [5.41, 5.74) is 2.33. The minimum Gasteiger partial charge on any atom is -0.382 e. The van der Waals surface area contributed by atoms with Crippen molar-refractivity contribution in [1.29, 1.82) is 0 Å². The SMILES string of the molecule is CCOCCCN(CC(=O)N1CCc2sccc2C1c1ccccc1)C(=O)NC1CCCCC1. The molecular weight excluding hydrogens is 446 g/mol. The molecule has 1 fully saturated rings. The van der Waals surface area contributed by atoms with Gasteiger partial charge in [0.15, 0.2) is 0 Å². The van der Waals surface area contributed by atoms with Gasteiger partial charge in [-0.15, -0.1) is 11.3 Å². The van der Waals surface area contributed by atoms with E-state index in [2.05, 4.69) is 28.9 Å². The molecule has 3 amide bonds. The number of thiophene rings is 1. The molecule has 7 heteroatoms. The van der Waals surface area contributed by atoms with Crippen molar-refractivity contribution in [2.75, 3.05) is 32.8 Å². The number of hydrogen-bond donors (Lipinski definition) is 1. The first-order valence-corrected chi connectivity index (χ1v) is 13.6. The van der Waals surface area contributed by atoms with Crippen molar-refractivity contribution >= 4 is 23.3 Å². The van der Waals surface area contributed by atoms with Gasteiger partial charge in [-0.25, -0.2) is 4.79 Å². The van der Waals surface area contributed by atoms with E-state index in [0.29, 0.717) is 26.3 Å². The average Bonchev–Trinajstić information content (AvgIpc) is 3.35. The Morgan fingerprint density at radius 2 is 1.94 bits per heavy atom. The summed E-state index contributed by atoms with van der Waals surface area (Å²) in [6.07, 6.45) is 7.18. The average molecular weight is 484 g/mol. The highest BCUT2D eigenvalue weighted by Gasteiger charge is 2.34. The highest BCUT2D eigenvalue weighted by atomic mass is 32.1. The molecular formula is C27H37N3O3S. The van der Waals surface area contributed by atoms with Crippen LogP contribution in [0.2, 0.25) is 0 Å². The van der Waals surface area contributed by atoms with Crippen LogP contribution in [0.3, 0.4) is 0 Å². The normalized spacial score (nSPS) is 18.4. The summed E-state index contributed by atoms with van der Waals surface area (Å²) in [7, 11) is 0. The number of nitrogens with one attached hydrogen (secondary N) is 1. The summed E-state index contributed by atoms with van der Waals surface area (Å²) in [4.78, 5) is 31.9. The van der Waals surface area contributed by atoms with E-state index in [-0.39, 0.29) is 30.6 Å². The van der Waals surface area contributed by atoms with Gasteiger partial charge in [0, 0.05) is 37.2 Å². The highest BCUT2D eigenvalue weighted by molar-refractivity contribution is 7.10. The Morgan fingerprint density at radius 1 is 1.15 bits per heavy atom. The second kappa shape index (κ2) is 12.4. The predicted octanol–water partition coefficient (Wildman–Crippen LogP) is 4.99. The standard InChI is InChI=1S/C27H37N3O3S/c1-2-33-18-9-16-29(27(32)28-22-12-7-4-8-13-22)20-25(31)30-17-14-24-23(15-19-34-24)26(30)21-10-5-3-6-11-21/h3,5-6,10-11,15,19,22,26H,2,4,7-9,12-14,16-18,20H2,1H3,(H,28,32). The fourth-order valence-electron chi connectivity index (χ4n) is 5.10. The van der Waals surface area contributed by atoms with Gasteiger partial charge < -0.3 is 19.9 Å². The largest absolute Gasteiger partial charge is 0.382 e. The summed E-state index contributed by atoms with van der Waals surface area (Å²) in [6, 6.07) is 12.4. The Labute approximate surface area is 207 Å². The van der Waals surface area contributed by atoms with Crippen molar-refractivity contribution in [2.24, 2.45) is 0 Å². The lowest BCUT2D eigenvalue weighted by atomic mass is 9.93. The number of rotatable bonds is 9. The van der Waals surface area contributed by atoms with Crippen LogP contribution in [-0.2, 0) is 16.0 Å². The lowest BCUT2D eigenvalue weighted by molar-refractivity contribution is -0.134. The van der Waals surface area contributed by atoms with Crippen LogP contribution in [0.4, 0.5) is 4.79 Å². The van der Waals surface area contributed by atoms with Gasteiger partial charge in [0.2, 0.25) is 5.91 Å². The molecule has 1 saturated carbocycles. The summed E-state index contributed by atoms with van der Waals surface area (Å²) in [6.45, 7) is 4.49. The number of nitrogens with zero attached hydrogens (tertiary/aromatic N) is 2. The van der Waals surface area contributed by atoms with Gasteiger partial charge in [-0.05, 0) is 55.2 Å². The Hall–Kier alpha value is -2.38. The van der Waals surface area contributed by atoms with Crippen LogP contribution in [0.25, 0.3) is 0 Å². The molecule has 0 bridgehead atoms. The van der Waals surface area contributed by atoms with Crippen molar-refractivity contribution in [3.05, 3.63) is 57.8 Å². The second-order valence-corrected chi connectivity index (χ2v) is 10.2. The zero-order valence-electron chi connectivity index (χ0n) is 20.2. The van der Waals surface area contributed by atoms with Gasteiger partial charge in [0.25, 0.3) is 0 Å². The summed E-state index contributed by atoms with van der Waals surface area (Å²) in [5.74, 6) is 0.000840. The fourth-order valence-corrected chi connectivity index (χ4v) is 6.00. The maximum atomic E-state index is 13.7. The van der Waals surface area contributed by atoms with Crippen molar-refractivity contribution in [2.45, 2.75) is 64.0 Å². The molecule has 1 atom stereocenters.